The summed E-state index contributed by atoms with van der Waals surface area (Å²) in [6.07, 6.45) is 0. The third-order valence-electron chi connectivity index (χ3n) is 1.84. The van der Waals surface area contributed by atoms with Crippen molar-refractivity contribution in [1.29, 1.82) is 0 Å². The molecular weight excluding hydrogens is 204 g/mol. The Morgan fingerprint density at radius 1 is 1.50 bits per heavy atom. The molecule has 0 aliphatic carbocycles. The van der Waals surface area contributed by atoms with Gasteiger partial charge in [-0.05, 0) is 18.5 Å². The van der Waals surface area contributed by atoms with Crippen molar-refractivity contribution >= 4 is 28.4 Å². The van der Waals surface area contributed by atoms with Crippen molar-refractivity contribution < 1.29 is 14.7 Å². The summed E-state index contributed by atoms with van der Waals surface area (Å²) in [7, 11) is 1.53. The number of rotatable bonds is 2. The molecule has 0 fully saturated rings. The van der Waals surface area contributed by atoms with Crippen molar-refractivity contribution in [2.24, 2.45) is 0 Å². The predicted molar refractivity (Wildman–Crippen MR) is 52.9 cm³/mol. The molecule has 1 aromatic rings. The van der Waals surface area contributed by atoms with E-state index in [1.54, 1.807) is 6.92 Å². The minimum atomic E-state index is -1.06. The summed E-state index contributed by atoms with van der Waals surface area (Å²) in [5, 5.41) is 9.27. The molecule has 0 atom stereocenters. The molecule has 76 valence electrons. The monoisotopic (exact) mass is 214 g/mol. The molecule has 5 nitrogen and oxygen atoms in total. The maximum atomic E-state index is 11.0. The first-order valence-electron chi connectivity index (χ1n) is 3.89. The number of anilines is 1. The molecule has 14 heavy (non-hydrogen) atoms. The molecular formula is C8H10N2O3S. The molecule has 0 spiro atoms. The van der Waals surface area contributed by atoms with Crippen LogP contribution in [0.4, 0.5) is 5.00 Å². The summed E-state index contributed by atoms with van der Waals surface area (Å²) in [6, 6.07) is 0. The zero-order chi connectivity index (χ0) is 10.9. The summed E-state index contributed by atoms with van der Waals surface area (Å²) in [5.41, 5.74) is 0.540. The topological polar surface area (TPSA) is 70.5 Å². The molecule has 0 unspecified atom stereocenters. The number of aromatic nitrogens is 1. The van der Waals surface area contributed by atoms with Crippen molar-refractivity contribution in [1.82, 2.24) is 4.37 Å². The quantitative estimate of drug-likeness (QED) is 0.801. The van der Waals surface area contributed by atoms with Crippen LogP contribution in [0.1, 0.15) is 23.0 Å². The third-order valence-corrected chi connectivity index (χ3v) is 2.85. The van der Waals surface area contributed by atoms with Gasteiger partial charge in [0.2, 0.25) is 5.91 Å². The molecule has 1 aromatic heterocycles. The first-order valence-corrected chi connectivity index (χ1v) is 4.66. The Morgan fingerprint density at radius 2 is 2.07 bits per heavy atom. The zero-order valence-electron chi connectivity index (χ0n) is 8.07. The van der Waals surface area contributed by atoms with Crippen LogP contribution in [-0.2, 0) is 4.79 Å². The molecule has 0 saturated carbocycles. The molecule has 0 aromatic carbocycles. The van der Waals surface area contributed by atoms with E-state index < -0.39 is 5.97 Å². The first kappa shape index (κ1) is 10.6. The molecule has 0 saturated heterocycles. The number of carbonyl (C=O) groups is 2. The molecule has 1 N–H and O–H groups in total. The fourth-order valence-corrected chi connectivity index (χ4v) is 1.87. The SMILES string of the molecule is CC(=O)N(C)c1snc(C)c1C(=O)O. The van der Waals surface area contributed by atoms with Crippen LogP contribution in [0.5, 0.6) is 0 Å². The highest BCUT2D eigenvalue weighted by molar-refractivity contribution is 7.11. The van der Waals surface area contributed by atoms with Crippen LogP contribution in [0, 0.1) is 6.92 Å². The maximum absolute atomic E-state index is 11.0. The summed E-state index contributed by atoms with van der Waals surface area (Å²) < 4.78 is 3.91. The smallest absolute Gasteiger partial charge is 0.340 e. The van der Waals surface area contributed by atoms with E-state index in [-0.39, 0.29) is 11.5 Å². The van der Waals surface area contributed by atoms with E-state index >= 15 is 0 Å². The number of hydrogen-bond acceptors (Lipinski definition) is 4. The van der Waals surface area contributed by atoms with Crippen molar-refractivity contribution in [2.45, 2.75) is 13.8 Å². The van der Waals surface area contributed by atoms with Gasteiger partial charge >= 0.3 is 5.97 Å². The lowest BCUT2D eigenvalue weighted by Crippen LogP contribution is -2.23. The van der Waals surface area contributed by atoms with Gasteiger partial charge in [-0.25, -0.2) is 4.79 Å². The van der Waals surface area contributed by atoms with Gasteiger partial charge in [-0.2, -0.15) is 4.37 Å². The van der Waals surface area contributed by atoms with Gasteiger partial charge in [0.1, 0.15) is 10.6 Å². The van der Waals surface area contributed by atoms with E-state index in [9.17, 15) is 9.59 Å². The highest BCUT2D eigenvalue weighted by Crippen LogP contribution is 2.27. The van der Waals surface area contributed by atoms with Crippen LogP contribution in [0.2, 0.25) is 0 Å². The molecule has 0 aliphatic rings. The second kappa shape index (κ2) is 3.75. The van der Waals surface area contributed by atoms with Crippen LogP contribution in [-0.4, -0.2) is 28.4 Å². The molecule has 6 heteroatoms. The zero-order valence-corrected chi connectivity index (χ0v) is 8.88. The largest absolute Gasteiger partial charge is 0.478 e. The minimum absolute atomic E-state index is 0.104. The number of carboxylic acid groups (broad SMARTS) is 1. The van der Waals surface area contributed by atoms with E-state index in [0.29, 0.717) is 10.7 Å². The van der Waals surface area contributed by atoms with Crippen LogP contribution in [0.3, 0.4) is 0 Å². The Kier molecular flexibility index (Phi) is 2.85. The Hall–Kier alpha value is -1.43. The number of aryl methyl sites for hydroxylation is 1. The minimum Gasteiger partial charge on any atom is -0.478 e. The fourth-order valence-electron chi connectivity index (χ4n) is 0.976. The third kappa shape index (κ3) is 1.74. The van der Waals surface area contributed by atoms with Gasteiger partial charge in [0.15, 0.2) is 0 Å². The number of aromatic carboxylic acids is 1. The predicted octanol–water partition coefficient (Wildman–Crippen LogP) is 1.13. The average Bonchev–Trinajstić information content (AvgIpc) is 2.45. The van der Waals surface area contributed by atoms with Crippen LogP contribution < -0.4 is 4.90 Å². The maximum Gasteiger partial charge on any atom is 0.340 e. The van der Waals surface area contributed by atoms with Gasteiger partial charge in [-0.15, -0.1) is 0 Å². The van der Waals surface area contributed by atoms with E-state index in [0.717, 1.165) is 11.5 Å². The van der Waals surface area contributed by atoms with Gasteiger partial charge in [-0.1, -0.05) is 0 Å². The van der Waals surface area contributed by atoms with Gasteiger partial charge in [-0.3, -0.25) is 4.79 Å². The molecule has 0 bridgehead atoms. The van der Waals surface area contributed by atoms with E-state index in [1.165, 1.54) is 18.9 Å². The van der Waals surface area contributed by atoms with Gasteiger partial charge in [0, 0.05) is 14.0 Å². The van der Waals surface area contributed by atoms with Gasteiger partial charge in [0.05, 0.1) is 5.69 Å². The number of carbonyl (C=O) groups excluding carboxylic acids is 1. The van der Waals surface area contributed by atoms with Crippen molar-refractivity contribution in [3.05, 3.63) is 11.3 Å². The highest BCUT2D eigenvalue weighted by atomic mass is 32.1. The van der Waals surface area contributed by atoms with E-state index in [4.69, 9.17) is 5.11 Å². The average molecular weight is 214 g/mol. The van der Waals surface area contributed by atoms with Crippen molar-refractivity contribution in [3.63, 3.8) is 0 Å². The second-order valence-corrected chi connectivity index (χ2v) is 3.58. The van der Waals surface area contributed by atoms with Crippen molar-refractivity contribution in [3.8, 4) is 0 Å². The fraction of sp³-hybridized carbons (Fsp3) is 0.375. The summed E-state index contributed by atoms with van der Waals surface area (Å²) >= 11 is 1.02. The standard InChI is InChI=1S/C8H10N2O3S/c1-4-6(8(12)13)7(14-9-4)10(3)5(2)11/h1-3H3,(H,12,13). The van der Waals surface area contributed by atoms with Crippen LogP contribution in [0.25, 0.3) is 0 Å². The lowest BCUT2D eigenvalue weighted by atomic mass is 10.2. The number of amides is 1. The molecule has 1 rings (SSSR count). The Labute approximate surface area is 85.1 Å². The van der Waals surface area contributed by atoms with Crippen LogP contribution >= 0.6 is 11.5 Å². The van der Waals surface area contributed by atoms with E-state index in [1.807, 2.05) is 0 Å². The summed E-state index contributed by atoms with van der Waals surface area (Å²) in [6.45, 7) is 2.98. The number of nitrogens with zero attached hydrogens (tertiary/aromatic N) is 2. The highest BCUT2D eigenvalue weighted by Gasteiger charge is 2.21. The van der Waals surface area contributed by atoms with Gasteiger partial charge < -0.3 is 10.0 Å². The molecule has 0 aliphatic heterocycles. The number of hydrogen-bond donors (Lipinski definition) is 1. The lowest BCUT2D eigenvalue weighted by Gasteiger charge is -2.12. The van der Waals surface area contributed by atoms with Crippen molar-refractivity contribution in [2.75, 3.05) is 11.9 Å². The first-order chi connectivity index (χ1) is 6.45. The Bertz CT molecular complexity index is 386. The normalized spacial score (nSPS) is 9.93. The second-order valence-electron chi connectivity index (χ2n) is 2.83. The Morgan fingerprint density at radius 3 is 2.50 bits per heavy atom. The molecule has 1 heterocycles. The molecule has 1 amide bonds. The summed E-state index contributed by atoms with van der Waals surface area (Å²) in [4.78, 5) is 23.2. The van der Waals surface area contributed by atoms with Crippen LogP contribution in [0.15, 0.2) is 0 Å². The van der Waals surface area contributed by atoms with Gasteiger partial charge in [0.25, 0.3) is 0 Å². The lowest BCUT2D eigenvalue weighted by molar-refractivity contribution is -0.116. The summed E-state index contributed by atoms with van der Waals surface area (Å²) in [5.74, 6) is -1.27. The van der Waals surface area contributed by atoms with E-state index in [2.05, 4.69) is 4.37 Å². The number of carboxylic acids is 1. The Balaban J connectivity index is 3.22. The molecule has 0 radical (unpaired) electrons.